The van der Waals surface area contributed by atoms with Gasteiger partial charge < -0.3 is 5.32 Å². The van der Waals surface area contributed by atoms with Crippen LogP contribution in [0.1, 0.15) is 39.2 Å². The lowest BCUT2D eigenvalue weighted by atomic mass is 10.0. The van der Waals surface area contributed by atoms with Crippen LogP contribution in [0.2, 0.25) is 0 Å². The van der Waals surface area contributed by atoms with Gasteiger partial charge in [0.2, 0.25) is 0 Å². The molecule has 1 aromatic rings. The van der Waals surface area contributed by atoms with Crippen molar-refractivity contribution in [2.75, 3.05) is 7.05 Å². The van der Waals surface area contributed by atoms with Crippen molar-refractivity contribution in [3.63, 3.8) is 0 Å². The summed E-state index contributed by atoms with van der Waals surface area (Å²) in [7, 11) is -1.72. The van der Waals surface area contributed by atoms with Gasteiger partial charge in [-0.15, -0.1) is 0 Å². The van der Waals surface area contributed by atoms with Crippen molar-refractivity contribution in [1.29, 1.82) is 0 Å². The van der Waals surface area contributed by atoms with Gasteiger partial charge in [-0.3, -0.25) is 0 Å². The molecule has 0 atom stereocenters. The molecule has 0 spiro atoms. The van der Waals surface area contributed by atoms with Crippen LogP contribution in [0.5, 0.6) is 0 Å². The Kier molecular flexibility index (Phi) is 5.46. The van der Waals surface area contributed by atoms with Gasteiger partial charge in [-0.05, 0) is 38.9 Å². The Labute approximate surface area is 115 Å². The van der Waals surface area contributed by atoms with E-state index in [-0.39, 0.29) is 5.03 Å². The van der Waals surface area contributed by atoms with E-state index in [1.54, 1.807) is 12.3 Å². The average molecular weight is 285 g/mol. The SMILES string of the molecule is CCCC(C)(C)NS(=O)(=O)c1ccc(CNC)cn1. The van der Waals surface area contributed by atoms with Gasteiger partial charge in [0.1, 0.15) is 0 Å². The van der Waals surface area contributed by atoms with Gasteiger partial charge in [-0.2, -0.15) is 0 Å². The third-order valence-corrected chi connectivity index (χ3v) is 4.35. The Morgan fingerprint density at radius 2 is 2.00 bits per heavy atom. The van der Waals surface area contributed by atoms with E-state index in [1.165, 1.54) is 6.07 Å². The molecule has 1 aromatic heterocycles. The number of nitrogens with zero attached hydrogens (tertiary/aromatic N) is 1. The van der Waals surface area contributed by atoms with Crippen LogP contribution in [0.25, 0.3) is 0 Å². The minimum Gasteiger partial charge on any atom is -0.316 e. The summed E-state index contributed by atoms with van der Waals surface area (Å²) in [5.41, 5.74) is 0.494. The number of nitrogens with one attached hydrogen (secondary N) is 2. The van der Waals surface area contributed by atoms with Crippen LogP contribution < -0.4 is 10.0 Å². The molecule has 0 aromatic carbocycles. The van der Waals surface area contributed by atoms with Crippen LogP contribution in [0.15, 0.2) is 23.4 Å². The van der Waals surface area contributed by atoms with Gasteiger partial charge in [0.15, 0.2) is 5.03 Å². The third-order valence-electron chi connectivity index (χ3n) is 2.74. The van der Waals surface area contributed by atoms with E-state index in [4.69, 9.17) is 0 Å². The highest BCUT2D eigenvalue weighted by atomic mass is 32.2. The van der Waals surface area contributed by atoms with Gasteiger partial charge >= 0.3 is 0 Å². The van der Waals surface area contributed by atoms with Gasteiger partial charge in [0.25, 0.3) is 10.0 Å². The Morgan fingerprint density at radius 3 is 2.47 bits per heavy atom. The second kappa shape index (κ2) is 6.45. The Morgan fingerprint density at radius 1 is 1.32 bits per heavy atom. The van der Waals surface area contributed by atoms with E-state index in [0.29, 0.717) is 6.54 Å². The molecule has 0 radical (unpaired) electrons. The van der Waals surface area contributed by atoms with Crippen molar-refractivity contribution in [3.05, 3.63) is 23.9 Å². The van der Waals surface area contributed by atoms with Crippen LogP contribution >= 0.6 is 0 Å². The zero-order valence-electron chi connectivity index (χ0n) is 12.0. The summed E-state index contributed by atoms with van der Waals surface area (Å²) in [5, 5.41) is 3.06. The molecular weight excluding hydrogens is 262 g/mol. The van der Waals surface area contributed by atoms with Gasteiger partial charge in [0, 0.05) is 18.3 Å². The summed E-state index contributed by atoms with van der Waals surface area (Å²) < 4.78 is 27.1. The maximum atomic E-state index is 12.2. The van der Waals surface area contributed by atoms with Gasteiger partial charge in [-0.1, -0.05) is 19.4 Å². The molecule has 0 bridgehead atoms. The summed E-state index contributed by atoms with van der Waals surface area (Å²) in [4.78, 5) is 4.02. The van der Waals surface area contributed by atoms with Crippen molar-refractivity contribution < 1.29 is 8.42 Å². The molecule has 6 heteroatoms. The standard InChI is InChI=1S/C13H23N3O2S/c1-5-8-13(2,3)16-19(17,18)12-7-6-11(9-14-4)10-15-12/h6-7,10,14,16H,5,8-9H2,1-4H3. The highest BCUT2D eigenvalue weighted by molar-refractivity contribution is 7.89. The molecule has 1 heterocycles. The van der Waals surface area contributed by atoms with Crippen LogP contribution in [-0.2, 0) is 16.6 Å². The van der Waals surface area contributed by atoms with E-state index >= 15 is 0 Å². The molecule has 0 unspecified atom stereocenters. The zero-order chi connectivity index (χ0) is 14.5. The Bertz CT molecular complexity index is 495. The maximum absolute atomic E-state index is 12.2. The fourth-order valence-corrected chi connectivity index (χ4v) is 3.34. The maximum Gasteiger partial charge on any atom is 0.258 e. The predicted octanol–water partition coefficient (Wildman–Crippen LogP) is 1.66. The second-order valence-electron chi connectivity index (χ2n) is 5.27. The number of rotatable bonds is 7. The summed E-state index contributed by atoms with van der Waals surface area (Å²) in [6.45, 7) is 6.45. The minimum atomic E-state index is -3.55. The molecule has 0 saturated carbocycles. The largest absolute Gasteiger partial charge is 0.316 e. The van der Waals surface area contributed by atoms with Crippen LogP contribution in [0.3, 0.4) is 0 Å². The van der Waals surface area contributed by atoms with E-state index in [1.807, 2.05) is 27.8 Å². The smallest absolute Gasteiger partial charge is 0.258 e. The monoisotopic (exact) mass is 285 g/mol. The molecule has 0 aliphatic carbocycles. The summed E-state index contributed by atoms with van der Waals surface area (Å²) in [6.07, 6.45) is 3.28. The molecule has 19 heavy (non-hydrogen) atoms. The van der Waals surface area contributed by atoms with Crippen LogP contribution in [-0.4, -0.2) is 26.0 Å². The van der Waals surface area contributed by atoms with Crippen LogP contribution in [0.4, 0.5) is 0 Å². The molecule has 0 aliphatic rings. The molecule has 2 N–H and O–H groups in total. The normalized spacial score (nSPS) is 12.6. The second-order valence-corrected chi connectivity index (χ2v) is 6.90. The lowest BCUT2D eigenvalue weighted by Crippen LogP contribution is -2.43. The fraction of sp³-hybridized carbons (Fsp3) is 0.615. The molecular formula is C13H23N3O2S. The highest BCUT2D eigenvalue weighted by Crippen LogP contribution is 2.16. The van der Waals surface area contributed by atoms with Crippen molar-refractivity contribution in [2.24, 2.45) is 0 Å². The van der Waals surface area contributed by atoms with E-state index in [2.05, 4.69) is 15.0 Å². The first kappa shape index (κ1) is 16.1. The number of hydrogen-bond acceptors (Lipinski definition) is 4. The van der Waals surface area contributed by atoms with E-state index in [0.717, 1.165) is 18.4 Å². The first-order valence-electron chi connectivity index (χ1n) is 6.44. The Hall–Kier alpha value is -0.980. The number of aromatic nitrogens is 1. The van der Waals surface area contributed by atoms with Crippen molar-refractivity contribution in [1.82, 2.24) is 15.0 Å². The topological polar surface area (TPSA) is 71.1 Å². The molecule has 0 saturated heterocycles. The number of pyridine rings is 1. The van der Waals surface area contributed by atoms with Gasteiger partial charge in [-0.25, -0.2) is 18.1 Å². The molecule has 0 aliphatic heterocycles. The van der Waals surface area contributed by atoms with Crippen molar-refractivity contribution >= 4 is 10.0 Å². The molecule has 0 fully saturated rings. The van der Waals surface area contributed by atoms with Crippen molar-refractivity contribution in [3.8, 4) is 0 Å². The summed E-state index contributed by atoms with van der Waals surface area (Å²) in [6, 6.07) is 3.31. The quantitative estimate of drug-likeness (QED) is 0.799. The Balaban J connectivity index is 2.88. The summed E-state index contributed by atoms with van der Waals surface area (Å²) >= 11 is 0. The van der Waals surface area contributed by atoms with Crippen LogP contribution in [0, 0.1) is 0 Å². The lowest BCUT2D eigenvalue weighted by molar-refractivity contribution is 0.417. The number of sulfonamides is 1. The summed E-state index contributed by atoms with van der Waals surface area (Å²) in [5.74, 6) is 0. The fourth-order valence-electron chi connectivity index (χ4n) is 1.97. The van der Waals surface area contributed by atoms with Gasteiger partial charge in [0.05, 0.1) is 0 Å². The highest BCUT2D eigenvalue weighted by Gasteiger charge is 2.26. The predicted molar refractivity (Wildman–Crippen MR) is 76.3 cm³/mol. The molecule has 5 nitrogen and oxygen atoms in total. The average Bonchev–Trinajstić information content (AvgIpc) is 2.28. The third kappa shape index (κ3) is 4.89. The number of hydrogen-bond donors (Lipinski definition) is 2. The minimum absolute atomic E-state index is 0.0662. The van der Waals surface area contributed by atoms with Crippen molar-refractivity contribution in [2.45, 2.75) is 50.7 Å². The van der Waals surface area contributed by atoms with E-state index < -0.39 is 15.6 Å². The van der Waals surface area contributed by atoms with E-state index in [9.17, 15) is 8.42 Å². The molecule has 0 amide bonds. The lowest BCUT2D eigenvalue weighted by Gasteiger charge is -2.25. The zero-order valence-corrected chi connectivity index (χ0v) is 12.8. The molecule has 1 rings (SSSR count). The first-order valence-corrected chi connectivity index (χ1v) is 7.92. The first-order chi connectivity index (χ1) is 8.80. The molecule has 108 valence electrons.